The van der Waals surface area contributed by atoms with E-state index in [4.69, 9.17) is 9.72 Å². The van der Waals surface area contributed by atoms with Crippen molar-refractivity contribution in [2.75, 3.05) is 64.8 Å². The number of carbonyl (C=O) groups is 1. The first-order chi connectivity index (χ1) is 17.2. The Hall–Kier alpha value is -2.16. The molecule has 1 N–H and O–H groups in total. The molecule has 0 aliphatic carbocycles. The molecule has 0 bridgehead atoms. The van der Waals surface area contributed by atoms with Crippen molar-refractivity contribution in [3.63, 3.8) is 0 Å². The van der Waals surface area contributed by atoms with Crippen LogP contribution in [-0.4, -0.2) is 85.2 Å². The topological polar surface area (TPSA) is 60.9 Å². The van der Waals surface area contributed by atoms with Crippen molar-refractivity contribution >= 4 is 22.5 Å². The fraction of sp³-hybridized carbons (Fsp3) is 0.630. The predicted molar refractivity (Wildman–Crippen MR) is 145 cm³/mol. The van der Waals surface area contributed by atoms with Gasteiger partial charge in [-0.15, -0.1) is 11.3 Å². The van der Waals surface area contributed by atoms with Crippen LogP contribution in [0.1, 0.15) is 51.0 Å². The van der Waals surface area contributed by atoms with Crippen molar-refractivity contribution < 1.29 is 9.53 Å². The molecule has 2 fully saturated rings. The van der Waals surface area contributed by atoms with Gasteiger partial charge in [0.2, 0.25) is 0 Å². The highest BCUT2D eigenvalue weighted by atomic mass is 32.1. The number of thiazole rings is 1. The number of likely N-dealkylation sites (tertiary alicyclic amines) is 1. The van der Waals surface area contributed by atoms with E-state index in [2.05, 4.69) is 34.2 Å². The highest BCUT2D eigenvalue weighted by molar-refractivity contribution is 7.14. The van der Waals surface area contributed by atoms with E-state index in [1.807, 2.05) is 16.3 Å². The maximum absolute atomic E-state index is 12.9. The number of urea groups is 1. The lowest BCUT2D eigenvalue weighted by Gasteiger charge is -2.35. The molecule has 0 saturated carbocycles. The molecule has 3 heterocycles. The third kappa shape index (κ3) is 7.41. The Balaban J connectivity index is 1.29. The summed E-state index contributed by atoms with van der Waals surface area (Å²) in [5.74, 6) is 0.815. The fourth-order valence-corrected chi connectivity index (χ4v) is 5.66. The quantitative estimate of drug-likeness (QED) is 0.431. The molecule has 0 atom stereocenters. The van der Waals surface area contributed by atoms with Crippen LogP contribution < -0.4 is 10.1 Å². The lowest BCUT2D eigenvalue weighted by atomic mass is 10.0. The van der Waals surface area contributed by atoms with E-state index in [1.165, 1.54) is 68.5 Å². The number of unbranched alkanes of at least 4 members (excludes halogenated alkanes) is 3. The molecular weight excluding hydrogens is 458 g/mol. The van der Waals surface area contributed by atoms with E-state index in [1.54, 1.807) is 7.11 Å². The normalized spacial score (nSPS) is 17.1. The van der Waals surface area contributed by atoms with Gasteiger partial charge < -0.3 is 14.5 Å². The molecule has 35 heavy (non-hydrogen) atoms. The minimum Gasteiger partial charge on any atom is -0.496 e. The summed E-state index contributed by atoms with van der Waals surface area (Å²) in [7, 11) is 1.69. The lowest BCUT2D eigenvalue weighted by Crippen LogP contribution is -2.51. The molecule has 4 rings (SSSR count). The summed E-state index contributed by atoms with van der Waals surface area (Å²) in [5.41, 5.74) is 3.14. The smallest absolute Gasteiger partial charge is 0.323 e. The summed E-state index contributed by atoms with van der Waals surface area (Å²) < 4.78 is 5.61. The van der Waals surface area contributed by atoms with Crippen LogP contribution in [-0.2, 0) is 6.42 Å². The number of aromatic nitrogens is 1. The minimum absolute atomic E-state index is 0.0540. The number of anilines is 1. The van der Waals surface area contributed by atoms with E-state index in [9.17, 15) is 4.79 Å². The molecule has 0 radical (unpaired) electrons. The number of hydrogen-bond donors (Lipinski definition) is 1. The monoisotopic (exact) mass is 499 g/mol. The van der Waals surface area contributed by atoms with E-state index in [0.29, 0.717) is 5.13 Å². The Morgan fingerprint density at radius 3 is 2.49 bits per heavy atom. The maximum Gasteiger partial charge on any atom is 0.323 e. The Morgan fingerprint density at radius 1 is 1.03 bits per heavy atom. The second kappa shape index (κ2) is 13.2. The van der Waals surface area contributed by atoms with Crippen molar-refractivity contribution in [3.8, 4) is 17.0 Å². The molecule has 1 aromatic carbocycles. The van der Waals surface area contributed by atoms with Crippen LogP contribution in [0.3, 0.4) is 0 Å². The molecule has 7 nitrogen and oxygen atoms in total. The Morgan fingerprint density at radius 2 is 1.77 bits per heavy atom. The van der Waals surface area contributed by atoms with E-state index in [-0.39, 0.29) is 6.03 Å². The SMILES string of the molecule is CCCCCCc1ccc(OC)c(-c2csc(NC(=O)N3CCN(CCN4CCCC4)CC3)n2)c1. The molecule has 2 amide bonds. The summed E-state index contributed by atoms with van der Waals surface area (Å²) in [6.07, 6.45) is 8.73. The van der Waals surface area contributed by atoms with Crippen LogP contribution in [0.4, 0.5) is 9.93 Å². The van der Waals surface area contributed by atoms with E-state index in [0.717, 1.165) is 62.7 Å². The number of methoxy groups -OCH3 is 1. The number of ether oxygens (including phenoxy) is 1. The average Bonchev–Trinajstić information content (AvgIpc) is 3.58. The third-order valence-corrected chi connectivity index (χ3v) is 7.93. The van der Waals surface area contributed by atoms with E-state index < -0.39 is 0 Å². The maximum atomic E-state index is 12.9. The second-order valence-corrected chi connectivity index (χ2v) is 10.5. The van der Waals surface area contributed by atoms with Gasteiger partial charge in [0.25, 0.3) is 0 Å². The Bertz CT molecular complexity index is 935. The summed E-state index contributed by atoms with van der Waals surface area (Å²) in [4.78, 5) is 24.5. The van der Waals surface area contributed by atoms with Crippen LogP contribution in [0.5, 0.6) is 5.75 Å². The van der Waals surface area contributed by atoms with Gasteiger partial charge in [-0.2, -0.15) is 0 Å². The van der Waals surface area contributed by atoms with Crippen molar-refractivity contribution in [3.05, 3.63) is 29.1 Å². The number of hydrogen-bond acceptors (Lipinski definition) is 6. The van der Waals surface area contributed by atoms with E-state index >= 15 is 0 Å². The van der Waals surface area contributed by atoms with Gasteiger partial charge in [0.1, 0.15) is 5.75 Å². The molecule has 2 aliphatic heterocycles. The highest BCUT2D eigenvalue weighted by Crippen LogP contribution is 2.33. The summed E-state index contributed by atoms with van der Waals surface area (Å²) in [6.45, 7) is 10.4. The van der Waals surface area contributed by atoms with Crippen LogP contribution in [0.2, 0.25) is 0 Å². The second-order valence-electron chi connectivity index (χ2n) is 9.69. The highest BCUT2D eigenvalue weighted by Gasteiger charge is 2.23. The van der Waals surface area contributed by atoms with Crippen molar-refractivity contribution in [1.29, 1.82) is 0 Å². The Labute approximate surface area is 214 Å². The molecule has 192 valence electrons. The first-order valence-electron chi connectivity index (χ1n) is 13.3. The first-order valence-corrected chi connectivity index (χ1v) is 14.2. The molecule has 2 aromatic rings. The van der Waals surface area contributed by atoms with Gasteiger partial charge in [-0.05, 0) is 56.5 Å². The zero-order chi connectivity index (χ0) is 24.5. The van der Waals surface area contributed by atoms with Gasteiger partial charge in [-0.25, -0.2) is 9.78 Å². The number of rotatable bonds is 11. The zero-order valence-electron chi connectivity index (χ0n) is 21.4. The van der Waals surface area contributed by atoms with Crippen LogP contribution >= 0.6 is 11.3 Å². The lowest BCUT2D eigenvalue weighted by molar-refractivity contribution is 0.137. The van der Waals surface area contributed by atoms with Crippen LogP contribution in [0, 0.1) is 0 Å². The summed E-state index contributed by atoms with van der Waals surface area (Å²) >= 11 is 1.47. The van der Waals surface area contributed by atoms with Crippen molar-refractivity contribution in [2.24, 2.45) is 0 Å². The summed E-state index contributed by atoms with van der Waals surface area (Å²) in [5, 5.41) is 5.66. The van der Waals surface area contributed by atoms with Gasteiger partial charge in [-0.3, -0.25) is 10.2 Å². The van der Waals surface area contributed by atoms with Gasteiger partial charge in [-0.1, -0.05) is 32.3 Å². The van der Waals surface area contributed by atoms with Gasteiger partial charge in [0.05, 0.1) is 12.8 Å². The number of carbonyl (C=O) groups excluding carboxylic acids is 1. The zero-order valence-corrected chi connectivity index (χ0v) is 22.2. The number of amides is 2. The number of benzene rings is 1. The third-order valence-electron chi connectivity index (χ3n) is 7.17. The van der Waals surface area contributed by atoms with Gasteiger partial charge >= 0.3 is 6.03 Å². The standard InChI is InChI=1S/C27H41N5O2S/c1-3-4-5-6-9-22-10-11-25(34-2)23(20-22)24-21-35-26(28-24)29-27(33)32-18-16-31(17-19-32)15-14-30-12-7-8-13-30/h10-11,20-21H,3-9,12-19H2,1-2H3,(H,28,29,33). The van der Waals surface area contributed by atoms with Gasteiger partial charge in [0.15, 0.2) is 5.13 Å². The Kier molecular flexibility index (Phi) is 9.80. The predicted octanol–water partition coefficient (Wildman–Crippen LogP) is 5.19. The van der Waals surface area contributed by atoms with Crippen molar-refractivity contribution in [2.45, 2.75) is 51.9 Å². The molecule has 1 aromatic heterocycles. The molecule has 0 spiro atoms. The average molecular weight is 500 g/mol. The number of nitrogens with one attached hydrogen (secondary N) is 1. The van der Waals surface area contributed by atoms with Crippen molar-refractivity contribution in [1.82, 2.24) is 19.7 Å². The number of piperazine rings is 1. The molecule has 2 saturated heterocycles. The number of nitrogens with zero attached hydrogens (tertiary/aromatic N) is 4. The largest absolute Gasteiger partial charge is 0.496 e. The molecule has 8 heteroatoms. The molecule has 2 aliphatic rings. The number of aryl methyl sites for hydroxylation is 1. The summed E-state index contributed by atoms with van der Waals surface area (Å²) in [6, 6.07) is 6.31. The fourth-order valence-electron chi connectivity index (χ4n) is 4.96. The molecule has 0 unspecified atom stereocenters. The van der Waals surface area contributed by atoms with Crippen LogP contribution in [0.15, 0.2) is 23.6 Å². The minimum atomic E-state index is -0.0540. The van der Waals surface area contributed by atoms with Gasteiger partial charge in [0, 0.05) is 50.2 Å². The molecular formula is C27H41N5O2S. The van der Waals surface area contributed by atoms with Crippen LogP contribution in [0.25, 0.3) is 11.3 Å². The first kappa shape index (κ1) is 25.9.